The Balaban J connectivity index is 2.30. The van der Waals surface area contributed by atoms with E-state index in [1.165, 1.54) is 7.11 Å². The van der Waals surface area contributed by atoms with Crippen LogP contribution in [0.2, 0.25) is 0 Å². The Hall–Kier alpha value is -2.69. The van der Waals surface area contributed by atoms with Crippen molar-refractivity contribution >= 4 is 17.3 Å². The van der Waals surface area contributed by atoms with E-state index in [2.05, 4.69) is 5.32 Å². The Morgan fingerprint density at radius 1 is 1.10 bits per heavy atom. The molecule has 110 valence electrons. The summed E-state index contributed by atoms with van der Waals surface area (Å²) >= 11 is 0. The molecule has 0 aliphatic rings. The molecule has 2 aromatic rings. The van der Waals surface area contributed by atoms with E-state index in [1.54, 1.807) is 37.4 Å². The molecule has 3 N–H and O–H groups in total. The van der Waals surface area contributed by atoms with Crippen molar-refractivity contribution in [2.45, 2.75) is 6.92 Å². The molecule has 2 aromatic carbocycles. The van der Waals surface area contributed by atoms with Gasteiger partial charge in [0.15, 0.2) is 0 Å². The number of hydrogen-bond acceptors (Lipinski definition) is 4. The molecule has 21 heavy (non-hydrogen) atoms. The van der Waals surface area contributed by atoms with E-state index >= 15 is 0 Å². The predicted octanol–water partition coefficient (Wildman–Crippen LogP) is 2.85. The van der Waals surface area contributed by atoms with Gasteiger partial charge in [-0.05, 0) is 36.8 Å². The largest absolute Gasteiger partial charge is 0.497 e. The normalized spacial score (nSPS) is 10.0. The monoisotopic (exact) mass is 286 g/mol. The number of nitrogen functional groups attached to an aromatic ring is 1. The van der Waals surface area contributed by atoms with Crippen molar-refractivity contribution in [3.05, 3.63) is 47.5 Å². The van der Waals surface area contributed by atoms with Gasteiger partial charge in [-0.25, -0.2) is 0 Å². The summed E-state index contributed by atoms with van der Waals surface area (Å²) in [4.78, 5) is 12.4. The number of aryl methyl sites for hydroxylation is 1. The summed E-state index contributed by atoms with van der Waals surface area (Å²) in [5.41, 5.74) is 8.38. The van der Waals surface area contributed by atoms with Crippen LogP contribution in [0.25, 0.3) is 0 Å². The maximum absolute atomic E-state index is 12.4. The van der Waals surface area contributed by atoms with Gasteiger partial charge >= 0.3 is 0 Å². The van der Waals surface area contributed by atoms with E-state index in [-0.39, 0.29) is 5.91 Å². The van der Waals surface area contributed by atoms with Crippen molar-refractivity contribution in [2.24, 2.45) is 0 Å². The fraction of sp³-hybridized carbons (Fsp3) is 0.188. The first kappa shape index (κ1) is 14.7. The summed E-state index contributed by atoms with van der Waals surface area (Å²) < 4.78 is 10.4. The molecule has 0 aliphatic carbocycles. The summed E-state index contributed by atoms with van der Waals surface area (Å²) in [5, 5.41) is 2.84. The van der Waals surface area contributed by atoms with Gasteiger partial charge in [0.05, 0.1) is 19.8 Å². The average Bonchev–Trinajstić information content (AvgIpc) is 2.50. The number of rotatable bonds is 4. The van der Waals surface area contributed by atoms with Crippen LogP contribution in [0, 0.1) is 6.92 Å². The second-order valence-electron chi connectivity index (χ2n) is 4.59. The lowest BCUT2D eigenvalue weighted by atomic mass is 10.1. The molecule has 0 heterocycles. The maximum atomic E-state index is 12.4. The molecule has 0 saturated heterocycles. The highest BCUT2D eigenvalue weighted by atomic mass is 16.5. The number of carbonyl (C=O) groups excluding carboxylic acids is 1. The van der Waals surface area contributed by atoms with E-state index in [9.17, 15) is 4.79 Å². The van der Waals surface area contributed by atoms with Crippen LogP contribution in [0.3, 0.4) is 0 Å². The van der Waals surface area contributed by atoms with Gasteiger partial charge in [-0.2, -0.15) is 0 Å². The summed E-state index contributed by atoms with van der Waals surface area (Å²) in [6.07, 6.45) is 0. The number of ether oxygens (including phenoxy) is 2. The minimum Gasteiger partial charge on any atom is -0.497 e. The lowest BCUT2D eigenvalue weighted by molar-refractivity contribution is 0.102. The average molecular weight is 286 g/mol. The second-order valence-corrected chi connectivity index (χ2v) is 4.59. The first-order chi connectivity index (χ1) is 10.0. The number of benzene rings is 2. The van der Waals surface area contributed by atoms with Gasteiger partial charge in [0.2, 0.25) is 0 Å². The van der Waals surface area contributed by atoms with Crippen LogP contribution < -0.4 is 20.5 Å². The van der Waals surface area contributed by atoms with Gasteiger partial charge in [0.1, 0.15) is 11.5 Å². The van der Waals surface area contributed by atoms with Crippen molar-refractivity contribution in [3.63, 3.8) is 0 Å². The number of hydrogen-bond donors (Lipinski definition) is 2. The molecule has 0 bridgehead atoms. The molecule has 0 saturated carbocycles. The number of nitrogens with two attached hydrogens (primary N) is 1. The van der Waals surface area contributed by atoms with Crippen molar-refractivity contribution in [1.29, 1.82) is 0 Å². The summed E-state index contributed by atoms with van der Waals surface area (Å²) in [7, 11) is 3.07. The van der Waals surface area contributed by atoms with E-state index in [1.807, 2.05) is 13.0 Å². The summed E-state index contributed by atoms with van der Waals surface area (Å²) in [6, 6.07) is 10.4. The Morgan fingerprint density at radius 2 is 1.86 bits per heavy atom. The van der Waals surface area contributed by atoms with E-state index in [4.69, 9.17) is 15.2 Å². The van der Waals surface area contributed by atoms with Crippen LogP contribution in [0.4, 0.5) is 11.4 Å². The quantitative estimate of drug-likeness (QED) is 0.848. The fourth-order valence-corrected chi connectivity index (χ4v) is 1.95. The summed E-state index contributed by atoms with van der Waals surface area (Å²) in [5.74, 6) is 0.820. The van der Waals surface area contributed by atoms with Gasteiger partial charge in [0, 0.05) is 17.4 Å². The topological polar surface area (TPSA) is 73.6 Å². The van der Waals surface area contributed by atoms with Crippen LogP contribution in [0.5, 0.6) is 11.5 Å². The van der Waals surface area contributed by atoms with E-state index < -0.39 is 0 Å². The first-order valence-corrected chi connectivity index (χ1v) is 6.44. The highest BCUT2D eigenvalue weighted by Gasteiger charge is 2.14. The van der Waals surface area contributed by atoms with Crippen molar-refractivity contribution in [2.75, 3.05) is 25.3 Å². The maximum Gasteiger partial charge on any atom is 0.259 e. The summed E-state index contributed by atoms with van der Waals surface area (Å²) in [6.45, 7) is 1.90. The van der Waals surface area contributed by atoms with E-state index in [0.717, 1.165) is 5.56 Å². The number of carbonyl (C=O) groups is 1. The number of anilines is 2. The van der Waals surface area contributed by atoms with Crippen LogP contribution >= 0.6 is 0 Å². The number of amides is 1. The van der Waals surface area contributed by atoms with Crippen LogP contribution in [0.15, 0.2) is 36.4 Å². The van der Waals surface area contributed by atoms with Crippen molar-refractivity contribution < 1.29 is 14.3 Å². The zero-order valence-electron chi connectivity index (χ0n) is 12.3. The van der Waals surface area contributed by atoms with Crippen LogP contribution in [0.1, 0.15) is 15.9 Å². The zero-order chi connectivity index (χ0) is 15.4. The smallest absolute Gasteiger partial charge is 0.259 e. The van der Waals surface area contributed by atoms with Gasteiger partial charge in [0.25, 0.3) is 5.91 Å². The molecule has 5 heteroatoms. The van der Waals surface area contributed by atoms with Gasteiger partial charge in [-0.3, -0.25) is 4.79 Å². The Labute approximate surface area is 123 Å². The molecule has 0 spiro atoms. The fourth-order valence-electron chi connectivity index (χ4n) is 1.95. The molecule has 0 fully saturated rings. The molecule has 2 rings (SSSR count). The lowest BCUT2D eigenvalue weighted by Crippen LogP contribution is -2.14. The van der Waals surface area contributed by atoms with Gasteiger partial charge in [-0.15, -0.1) is 0 Å². The highest BCUT2D eigenvalue weighted by Crippen LogP contribution is 2.26. The SMILES string of the molecule is COc1ccc(C(=O)Nc2cc(N)ccc2C)c(OC)c1. The molecule has 0 aromatic heterocycles. The minimum absolute atomic E-state index is 0.261. The van der Waals surface area contributed by atoms with E-state index in [0.29, 0.717) is 28.4 Å². The van der Waals surface area contributed by atoms with Gasteiger partial charge in [-0.1, -0.05) is 6.07 Å². The Bertz CT molecular complexity index is 669. The van der Waals surface area contributed by atoms with Crippen molar-refractivity contribution in [3.8, 4) is 11.5 Å². The molecule has 0 atom stereocenters. The molecular formula is C16H18N2O3. The Morgan fingerprint density at radius 3 is 2.52 bits per heavy atom. The Kier molecular flexibility index (Phi) is 4.33. The van der Waals surface area contributed by atoms with Crippen LogP contribution in [-0.4, -0.2) is 20.1 Å². The molecule has 0 radical (unpaired) electrons. The molecule has 1 amide bonds. The third-order valence-corrected chi connectivity index (χ3v) is 3.16. The highest BCUT2D eigenvalue weighted by molar-refractivity contribution is 6.06. The third-order valence-electron chi connectivity index (χ3n) is 3.16. The standard InChI is InChI=1S/C16H18N2O3/c1-10-4-5-11(17)8-14(10)18-16(19)13-7-6-12(20-2)9-15(13)21-3/h4-9H,17H2,1-3H3,(H,18,19). The number of nitrogens with one attached hydrogen (secondary N) is 1. The molecule has 0 unspecified atom stereocenters. The second kappa shape index (κ2) is 6.17. The minimum atomic E-state index is -0.261. The number of methoxy groups -OCH3 is 2. The molecular weight excluding hydrogens is 268 g/mol. The van der Waals surface area contributed by atoms with Crippen LogP contribution in [-0.2, 0) is 0 Å². The molecule has 5 nitrogen and oxygen atoms in total. The van der Waals surface area contributed by atoms with Crippen molar-refractivity contribution in [1.82, 2.24) is 0 Å². The zero-order valence-corrected chi connectivity index (χ0v) is 12.3. The third kappa shape index (κ3) is 3.25. The molecule has 0 aliphatic heterocycles. The lowest BCUT2D eigenvalue weighted by Gasteiger charge is -2.12. The van der Waals surface area contributed by atoms with Gasteiger partial charge < -0.3 is 20.5 Å². The predicted molar refractivity (Wildman–Crippen MR) is 83.1 cm³/mol. The first-order valence-electron chi connectivity index (χ1n) is 6.44.